The summed E-state index contributed by atoms with van der Waals surface area (Å²) >= 11 is 13.7. The molecule has 52 heavy (non-hydrogen) atoms. The van der Waals surface area contributed by atoms with Crippen LogP contribution in [0.5, 0.6) is 23.0 Å². The van der Waals surface area contributed by atoms with Crippen LogP contribution in [0, 0.1) is 0 Å². The second-order valence-corrected chi connectivity index (χ2v) is 13.3. The molecule has 4 aromatic rings. The van der Waals surface area contributed by atoms with Gasteiger partial charge in [-0.3, -0.25) is 9.36 Å². The van der Waals surface area contributed by atoms with Crippen molar-refractivity contribution in [3.63, 3.8) is 0 Å². The van der Waals surface area contributed by atoms with Crippen LogP contribution in [-0.2, 0) is 27.3 Å². The number of allylic oxidation sites excluding steroid dienone is 2. The van der Waals surface area contributed by atoms with E-state index in [0.717, 1.165) is 11.1 Å². The van der Waals surface area contributed by atoms with Crippen molar-refractivity contribution in [2.24, 2.45) is 4.99 Å². The first-order chi connectivity index (χ1) is 25.1. The maximum atomic E-state index is 14.5. The van der Waals surface area contributed by atoms with Crippen molar-refractivity contribution in [2.45, 2.75) is 39.8 Å². The summed E-state index contributed by atoms with van der Waals surface area (Å²) in [6.07, 6.45) is 4.02. The van der Waals surface area contributed by atoms with Crippen LogP contribution in [0.3, 0.4) is 0 Å². The van der Waals surface area contributed by atoms with E-state index in [2.05, 4.69) is 6.58 Å². The van der Waals surface area contributed by atoms with Gasteiger partial charge in [0.25, 0.3) is 5.56 Å². The van der Waals surface area contributed by atoms with Crippen LogP contribution in [0.25, 0.3) is 6.08 Å². The predicted octanol–water partition coefficient (Wildman–Crippen LogP) is 6.85. The number of thiazole rings is 1. The Labute approximate surface area is 316 Å². The molecule has 5 rings (SSSR count). The largest absolute Gasteiger partial charge is 0.493 e. The predicted molar refractivity (Wildman–Crippen MR) is 203 cm³/mol. The van der Waals surface area contributed by atoms with Gasteiger partial charge >= 0.3 is 5.97 Å². The Bertz CT molecular complexity index is 2180. The van der Waals surface area contributed by atoms with E-state index < -0.39 is 12.0 Å². The number of fused-ring (bicyclic) bond motifs is 1. The molecule has 0 unspecified atom stereocenters. The van der Waals surface area contributed by atoms with E-state index in [0.29, 0.717) is 78.8 Å². The third-order valence-electron chi connectivity index (χ3n) is 8.08. The van der Waals surface area contributed by atoms with E-state index in [1.807, 2.05) is 38.1 Å². The van der Waals surface area contributed by atoms with Gasteiger partial charge in [-0.2, -0.15) is 0 Å². The quantitative estimate of drug-likeness (QED) is 0.0694. The second kappa shape index (κ2) is 17.8. The normalized spacial score (nSPS) is 14.1. The molecule has 13 heteroatoms. The minimum Gasteiger partial charge on any atom is -0.493 e. The summed E-state index contributed by atoms with van der Waals surface area (Å²) in [6, 6.07) is 13.4. The van der Waals surface area contributed by atoms with E-state index in [4.69, 9.17) is 56.6 Å². The van der Waals surface area contributed by atoms with E-state index in [-0.39, 0.29) is 31.0 Å². The van der Waals surface area contributed by atoms with E-state index in [1.165, 1.54) is 30.1 Å². The van der Waals surface area contributed by atoms with Crippen molar-refractivity contribution < 1.29 is 33.2 Å². The first-order valence-corrected chi connectivity index (χ1v) is 18.2. The van der Waals surface area contributed by atoms with Crippen molar-refractivity contribution in [1.82, 2.24) is 4.57 Å². The number of esters is 1. The first-order valence-electron chi connectivity index (χ1n) is 16.6. The fourth-order valence-corrected chi connectivity index (χ4v) is 7.33. The van der Waals surface area contributed by atoms with Crippen molar-refractivity contribution in [3.8, 4) is 23.0 Å². The molecule has 274 valence electrons. The van der Waals surface area contributed by atoms with Gasteiger partial charge < -0.3 is 28.4 Å². The van der Waals surface area contributed by atoms with Gasteiger partial charge in [0.2, 0.25) is 0 Å². The van der Waals surface area contributed by atoms with E-state index in [1.54, 1.807) is 43.3 Å². The molecule has 0 radical (unpaired) electrons. The fraction of sp³-hybridized carbons (Fsp3) is 0.308. The number of aromatic nitrogens is 1. The average Bonchev–Trinajstić information content (AvgIpc) is 3.42. The maximum absolute atomic E-state index is 14.5. The van der Waals surface area contributed by atoms with Gasteiger partial charge in [0.1, 0.15) is 19.3 Å². The number of carbonyl (C=O) groups is 1. The molecule has 10 nitrogen and oxygen atoms in total. The lowest BCUT2D eigenvalue weighted by Gasteiger charge is -2.27. The van der Waals surface area contributed by atoms with Crippen LogP contribution in [0.2, 0.25) is 10.0 Å². The molecule has 1 aliphatic heterocycles. The molecular weight excluding hydrogens is 727 g/mol. The molecule has 2 heterocycles. The topological polar surface area (TPSA) is 107 Å². The highest BCUT2D eigenvalue weighted by Crippen LogP contribution is 2.41. The van der Waals surface area contributed by atoms with Crippen molar-refractivity contribution in [3.05, 3.63) is 124 Å². The van der Waals surface area contributed by atoms with Crippen molar-refractivity contribution >= 4 is 46.6 Å². The van der Waals surface area contributed by atoms with Crippen LogP contribution in [-0.4, -0.2) is 51.2 Å². The highest BCUT2D eigenvalue weighted by molar-refractivity contribution is 7.07. The monoisotopic (exact) mass is 766 g/mol. The van der Waals surface area contributed by atoms with Gasteiger partial charge in [0.05, 0.1) is 42.7 Å². The number of benzene rings is 3. The lowest BCUT2D eigenvalue weighted by atomic mass is 9.94. The average molecular weight is 768 g/mol. The Hall–Kier alpha value is -4.55. The zero-order valence-corrected chi connectivity index (χ0v) is 32.0. The summed E-state index contributed by atoms with van der Waals surface area (Å²) < 4.78 is 36.6. The molecular formula is C39H40Cl2N2O8S. The summed E-state index contributed by atoms with van der Waals surface area (Å²) in [5.41, 5.74) is 3.09. The molecule has 3 aromatic carbocycles. The number of para-hydroxylation sites is 1. The molecule has 0 fully saturated rings. The van der Waals surface area contributed by atoms with E-state index >= 15 is 0 Å². The van der Waals surface area contributed by atoms with Crippen molar-refractivity contribution in [1.29, 1.82) is 0 Å². The van der Waals surface area contributed by atoms with Gasteiger partial charge in [-0.15, -0.1) is 6.58 Å². The van der Waals surface area contributed by atoms with Gasteiger partial charge in [-0.1, -0.05) is 58.8 Å². The molecule has 1 atom stereocenters. The van der Waals surface area contributed by atoms with Gasteiger partial charge in [0.15, 0.2) is 27.8 Å². The lowest BCUT2D eigenvalue weighted by Crippen LogP contribution is -2.40. The number of methoxy groups -OCH3 is 2. The number of rotatable bonds is 16. The van der Waals surface area contributed by atoms with Crippen molar-refractivity contribution in [2.75, 3.05) is 40.6 Å². The minimum atomic E-state index is -0.920. The molecule has 0 aliphatic carbocycles. The van der Waals surface area contributed by atoms with Gasteiger partial charge in [0, 0.05) is 33.8 Å². The zero-order chi connectivity index (χ0) is 37.4. The smallest absolute Gasteiger partial charge is 0.338 e. The van der Waals surface area contributed by atoms with Crippen LogP contribution < -0.4 is 33.8 Å². The van der Waals surface area contributed by atoms with Crippen LogP contribution in [0.15, 0.2) is 82.2 Å². The summed E-state index contributed by atoms with van der Waals surface area (Å²) in [7, 11) is 3.06. The molecule has 0 N–H and O–H groups in total. The zero-order valence-electron chi connectivity index (χ0n) is 29.6. The Morgan fingerprint density at radius 3 is 2.46 bits per heavy atom. The summed E-state index contributed by atoms with van der Waals surface area (Å²) in [5.74, 6) is 1.30. The molecule has 0 saturated carbocycles. The van der Waals surface area contributed by atoms with E-state index in [9.17, 15) is 9.59 Å². The minimum absolute atomic E-state index is 0.0291. The molecule has 0 amide bonds. The highest BCUT2D eigenvalue weighted by atomic mass is 35.5. The Kier molecular flexibility index (Phi) is 13.2. The number of hydrogen-bond donors (Lipinski definition) is 0. The third-order valence-corrected chi connectivity index (χ3v) is 9.65. The maximum Gasteiger partial charge on any atom is 0.338 e. The molecule has 0 spiro atoms. The van der Waals surface area contributed by atoms with Crippen LogP contribution >= 0.6 is 34.5 Å². The molecule has 1 aromatic heterocycles. The number of halogens is 2. The van der Waals surface area contributed by atoms with Gasteiger partial charge in [-0.25, -0.2) is 9.79 Å². The number of nitrogens with zero attached hydrogens (tertiary/aromatic N) is 2. The number of carbonyl (C=O) groups excluding carboxylic acids is 1. The standard InChI is InChI=1S/C39H40Cl2N2O8S/c1-7-11-25-18-24(19-31(48-8-2)35(25)51-22-26-14-15-27(40)21-29(26)41)20-32-37(44)43-34(28-12-10-13-30(47-6)36(28)49-9-3)33(23(4)42-39(43)52-32)38(45)50-17-16-46-5/h7,10,12-15,18-21,34H,1,8-9,11,16-17,22H2,2-6H3/b32-20+/t34-/m1/s1. The molecule has 0 saturated heterocycles. The third kappa shape index (κ3) is 8.39. The summed E-state index contributed by atoms with van der Waals surface area (Å²) in [5, 5.41) is 1.02. The highest BCUT2D eigenvalue weighted by Gasteiger charge is 2.36. The Morgan fingerprint density at radius 1 is 0.981 bits per heavy atom. The first kappa shape index (κ1) is 38.7. The van der Waals surface area contributed by atoms with Crippen LogP contribution in [0.1, 0.15) is 49.1 Å². The van der Waals surface area contributed by atoms with Crippen LogP contribution in [0.4, 0.5) is 0 Å². The summed E-state index contributed by atoms with van der Waals surface area (Å²) in [4.78, 5) is 33.3. The lowest BCUT2D eigenvalue weighted by molar-refractivity contribution is -0.140. The number of hydrogen-bond acceptors (Lipinski definition) is 10. The molecule has 0 bridgehead atoms. The van der Waals surface area contributed by atoms with Gasteiger partial charge in [-0.05, 0) is 69.2 Å². The SMILES string of the molecule is C=CCc1cc(/C=c2/sc3n(c2=O)[C@H](c2cccc(OC)c2OCC)C(C(=O)OCCOC)=C(C)N=3)cc(OCC)c1OCc1ccc(Cl)cc1Cl. The summed E-state index contributed by atoms with van der Waals surface area (Å²) in [6.45, 7) is 10.5. The Balaban J connectivity index is 1.66. The fourth-order valence-electron chi connectivity index (χ4n) is 5.82. The second-order valence-electron chi connectivity index (χ2n) is 11.5. The Morgan fingerprint density at radius 2 is 1.77 bits per heavy atom. The number of ether oxygens (including phenoxy) is 6. The molecule has 1 aliphatic rings.